The van der Waals surface area contributed by atoms with Crippen molar-refractivity contribution in [1.82, 2.24) is 14.8 Å². The van der Waals surface area contributed by atoms with Gasteiger partial charge >= 0.3 is 0 Å². The van der Waals surface area contributed by atoms with Crippen molar-refractivity contribution in [3.63, 3.8) is 0 Å². The Labute approximate surface area is 205 Å². The van der Waals surface area contributed by atoms with Gasteiger partial charge in [-0.2, -0.15) is 0 Å². The highest BCUT2D eigenvalue weighted by Crippen LogP contribution is 2.19. The minimum atomic E-state index is -0.515. The maximum Gasteiger partial charge on any atom is 0.259 e. The normalized spacial score (nSPS) is 17.4. The highest BCUT2D eigenvalue weighted by molar-refractivity contribution is 5.99. The van der Waals surface area contributed by atoms with Crippen LogP contribution in [-0.4, -0.2) is 53.5 Å². The molecule has 188 valence electrons. The number of hydrogen-bond acceptors (Lipinski definition) is 4. The topological polar surface area (TPSA) is 74.6 Å². The van der Waals surface area contributed by atoms with E-state index in [1.54, 1.807) is 34.0 Å². The SMILES string of the molecule is CC(C)n1cc(C(=O)NC2CCCCCC2)c(=O)c(C(=O)N2CCN(c3ccc(F)cc3)CC2)c1. The van der Waals surface area contributed by atoms with E-state index in [9.17, 15) is 18.8 Å². The van der Waals surface area contributed by atoms with Crippen molar-refractivity contribution in [2.45, 2.75) is 64.5 Å². The summed E-state index contributed by atoms with van der Waals surface area (Å²) in [7, 11) is 0. The molecule has 8 heteroatoms. The molecule has 4 rings (SSSR count). The lowest BCUT2D eigenvalue weighted by atomic mass is 10.1. The van der Waals surface area contributed by atoms with Gasteiger partial charge in [-0.15, -0.1) is 0 Å². The molecule has 2 amide bonds. The number of aromatic nitrogens is 1. The number of anilines is 1. The van der Waals surface area contributed by atoms with Crippen molar-refractivity contribution in [3.05, 3.63) is 63.8 Å². The van der Waals surface area contributed by atoms with Gasteiger partial charge in [0.1, 0.15) is 16.9 Å². The number of carbonyl (C=O) groups is 2. The van der Waals surface area contributed by atoms with E-state index in [1.165, 1.54) is 25.0 Å². The summed E-state index contributed by atoms with van der Waals surface area (Å²) in [6.45, 7) is 5.95. The van der Waals surface area contributed by atoms with Crippen molar-refractivity contribution < 1.29 is 14.0 Å². The zero-order valence-corrected chi connectivity index (χ0v) is 20.6. The fraction of sp³-hybridized carbons (Fsp3) is 0.519. The van der Waals surface area contributed by atoms with Crippen LogP contribution in [0, 0.1) is 5.82 Å². The minimum absolute atomic E-state index is 0.0121. The molecule has 7 nitrogen and oxygen atoms in total. The summed E-state index contributed by atoms with van der Waals surface area (Å²) >= 11 is 0. The van der Waals surface area contributed by atoms with Gasteiger partial charge in [0, 0.05) is 56.3 Å². The van der Waals surface area contributed by atoms with Gasteiger partial charge in [-0.3, -0.25) is 14.4 Å². The fourth-order valence-electron chi connectivity index (χ4n) is 4.89. The first-order chi connectivity index (χ1) is 16.8. The second-order valence-electron chi connectivity index (χ2n) is 9.87. The Hall–Kier alpha value is -3.16. The van der Waals surface area contributed by atoms with Crippen LogP contribution in [-0.2, 0) is 0 Å². The summed E-state index contributed by atoms with van der Waals surface area (Å²) < 4.78 is 15.0. The summed E-state index contributed by atoms with van der Waals surface area (Å²) in [6.07, 6.45) is 9.47. The first kappa shape index (κ1) is 24.9. The number of carbonyl (C=O) groups excluding carboxylic acids is 2. The van der Waals surface area contributed by atoms with E-state index in [0.29, 0.717) is 26.2 Å². The molecule has 0 atom stereocenters. The maximum atomic E-state index is 13.4. The van der Waals surface area contributed by atoms with E-state index < -0.39 is 11.3 Å². The molecule has 1 aromatic heterocycles. The lowest BCUT2D eigenvalue weighted by Crippen LogP contribution is -2.50. The molecule has 35 heavy (non-hydrogen) atoms. The van der Waals surface area contributed by atoms with Crippen LogP contribution in [0.5, 0.6) is 0 Å². The van der Waals surface area contributed by atoms with E-state index in [-0.39, 0.29) is 34.9 Å². The van der Waals surface area contributed by atoms with Crippen LogP contribution in [0.2, 0.25) is 0 Å². The largest absolute Gasteiger partial charge is 0.368 e. The first-order valence-corrected chi connectivity index (χ1v) is 12.7. The number of amides is 2. The van der Waals surface area contributed by atoms with Crippen molar-refractivity contribution in [1.29, 1.82) is 0 Å². The van der Waals surface area contributed by atoms with Gasteiger partial charge in [0.15, 0.2) is 0 Å². The number of pyridine rings is 1. The lowest BCUT2D eigenvalue weighted by Gasteiger charge is -2.36. The van der Waals surface area contributed by atoms with Gasteiger partial charge in [0.25, 0.3) is 11.8 Å². The number of piperazine rings is 1. The standard InChI is InChI=1S/C27H35FN4O3/c1-19(2)32-17-23(26(34)29-21-7-5-3-4-6-8-21)25(33)24(18-32)27(35)31-15-13-30(14-16-31)22-11-9-20(28)10-12-22/h9-12,17-19,21H,3-8,13-16H2,1-2H3,(H,29,34). The molecule has 2 fully saturated rings. The molecular formula is C27H35FN4O3. The number of nitrogens with one attached hydrogen (secondary N) is 1. The Morgan fingerprint density at radius 1 is 0.914 bits per heavy atom. The number of rotatable bonds is 5. The second-order valence-corrected chi connectivity index (χ2v) is 9.87. The molecule has 0 unspecified atom stereocenters. The average molecular weight is 483 g/mol. The third-order valence-corrected chi connectivity index (χ3v) is 7.07. The monoisotopic (exact) mass is 482 g/mol. The molecule has 0 spiro atoms. The number of hydrogen-bond donors (Lipinski definition) is 1. The highest BCUT2D eigenvalue weighted by atomic mass is 19.1. The van der Waals surface area contributed by atoms with Crippen LogP contribution >= 0.6 is 0 Å². The summed E-state index contributed by atoms with van der Waals surface area (Å²) in [5, 5.41) is 3.05. The van der Waals surface area contributed by atoms with Crippen LogP contribution < -0.4 is 15.6 Å². The van der Waals surface area contributed by atoms with Gasteiger partial charge in [-0.25, -0.2) is 4.39 Å². The molecule has 1 aromatic carbocycles. The van der Waals surface area contributed by atoms with Crippen LogP contribution in [0.15, 0.2) is 41.5 Å². The Balaban J connectivity index is 1.52. The van der Waals surface area contributed by atoms with E-state index in [2.05, 4.69) is 10.2 Å². The van der Waals surface area contributed by atoms with Crippen LogP contribution in [0.25, 0.3) is 0 Å². The van der Waals surface area contributed by atoms with Crippen LogP contribution in [0.4, 0.5) is 10.1 Å². The molecule has 2 aromatic rings. The minimum Gasteiger partial charge on any atom is -0.368 e. The van der Waals surface area contributed by atoms with E-state index in [1.807, 2.05) is 13.8 Å². The molecule has 0 radical (unpaired) electrons. The van der Waals surface area contributed by atoms with Gasteiger partial charge in [0.05, 0.1) is 0 Å². The Bertz CT molecular complexity index is 1100. The third kappa shape index (κ3) is 5.92. The molecule has 1 N–H and O–H groups in total. The van der Waals surface area contributed by atoms with Gasteiger partial charge in [0.2, 0.25) is 5.43 Å². The summed E-state index contributed by atoms with van der Waals surface area (Å²) in [5.74, 6) is -1.04. The lowest BCUT2D eigenvalue weighted by molar-refractivity contribution is 0.0744. The van der Waals surface area contributed by atoms with E-state index in [4.69, 9.17) is 0 Å². The summed E-state index contributed by atoms with van der Waals surface area (Å²) in [4.78, 5) is 43.6. The van der Waals surface area contributed by atoms with Crippen molar-refractivity contribution in [2.24, 2.45) is 0 Å². The Morgan fingerprint density at radius 3 is 2.11 bits per heavy atom. The number of nitrogens with zero attached hydrogens (tertiary/aromatic N) is 3. The smallest absolute Gasteiger partial charge is 0.259 e. The fourth-order valence-corrected chi connectivity index (χ4v) is 4.89. The maximum absolute atomic E-state index is 13.4. The van der Waals surface area contributed by atoms with E-state index >= 15 is 0 Å². The Kier molecular flexibility index (Phi) is 7.88. The highest BCUT2D eigenvalue weighted by Gasteiger charge is 2.27. The van der Waals surface area contributed by atoms with Crippen molar-refractivity contribution in [3.8, 4) is 0 Å². The summed E-state index contributed by atoms with van der Waals surface area (Å²) in [5.41, 5.74) is 0.443. The predicted molar refractivity (Wildman–Crippen MR) is 135 cm³/mol. The van der Waals surface area contributed by atoms with E-state index in [0.717, 1.165) is 31.4 Å². The predicted octanol–water partition coefficient (Wildman–Crippen LogP) is 3.98. The molecule has 2 heterocycles. The van der Waals surface area contributed by atoms with Gasteiger partial charge < -0.3 is 19.7 Å². The number of halogens is 1. The second kappa shape index (κ2) is 11.1. The van der Waals surface area contributed by atoms with Crippen LogP contribution in [0.1, 0.15) is 79.1 Å². The zero-order chi connectivity index (χ0) is 24.9. The molecule has 0 bridgehead atoms. The molecule has 1 saturated carbocycles. The molecule has 1 aliphatic carbocycles. The van der Waals surface area contributed by atoms with Gasteiger partial charge in [-0.05, 0) is 51.0 Å². The molecule has 2 aliphatic rings. The Morgan fingerprint density at radius 2 is 1.51 bits per heavy atom. The quantitative estimate of drug-likeness (QED) is 0.654. The van der Waals surface area contributed by atoms with Crippen molar-refractivity contribution in [2.75, 3.05) is 31.1 Å². The molecule has 1 saturated heterocycles. The molecule has 1 aliphatic heterocycles. The number of benzene rings is 1. The molecular weight excluding hydrogens is 447 g/mol. The summed E-state index contributed by atoms with van der Waals surface area (Å²) in [6, 6.07) is 6.35. The average Bonchev–Trinajstić information content (AvgIpc) is 3.13. The zero-order valence-electron chi connectivity index (χ0n) is 20.6. The van der Waals surface area contributed by atoms with Crippen LogP contribution in [0.3, 0.4) is 0 Å². The van der Waals surface area contributed by atoms with Crippen molar-refractivity contribution >= 4 is 17.5 Å². The first-order valence-electron chi connectivity index (χ1n) is 12.7. The third-order valence-electron chi connectivity index (χ3n) is 7.07. The van der Waals surface area contributed by atoms with Gasteiger partial charge in [-0.1, -0.05) is 25.7 Å².